The van der Waals surface area contributed by atoms with Crippen LogP contribution in [0.2, 0.25) is 4.34 Å². The van der Waals surface area contributed by atoms with Crippen molar-refractivity contribution in [2.24, 2.45) is 11.8 Å². The number of amides is 1. The van der Waals surface area contributed by atoms with Crippen LogP contribution in [-0.2, 0) is 4.79 Å². The summed E-state index contributed by atoms with van der Waals surface area (Å²) in [5.74, 6) is 1.72. The predicted octanol–water partition coefficient (Wildman–Crippen LogP) is 4.84. The summed E-state index contributed by atoms with van der Waals surface area (Å²) < 4.78 is 0.613. The zero-order chi connectivity index (χ0) is 16.2. The third-order valence-electron chi connectivity index (χ3n) is 5.33. The van der Waals surface area contributed by atoms with Gasteiger partial charge in [-0.15, -0.1) is 11.3 Å². The molecule has 23 heavy (non-hydrogen) atoms. The van der Waals surface area contributed by atoms with E-state index in [2.05, 4.69) is 5.32 Å². The molecule has 0 spiro atoms. The summed E-state index contributed by atoms with van der Waals surface area (Å²) in [5, 5.41) is 3.15. The van der Waals surface area contributed by atoms with E-state index in [0.717, 1.165) is 24.7 Å². The number of ketones is 1. The molecule has 2 aliphatic carbocycles. The Kier molecular flexibility index (Phi) is 5.76. The third kappa shape index (κ3) is 4.57. The minimum atomic E-state index is 0.00744. The van der Waals surface area contributed by atoms with E-state index in [1.54, 1.807) is 12.1 Å². The van der Waals surface area contributed by atoms with Crippen molar-refractivity contribution in [3.63, 3.8) is 0 Å². The van der Waals surface area contributed by atoms with Crippen molar-refractivity contribution in [3.8, 4) is 0 Å². The summed E-state index contributed by atoms with van der Waals surface area (Å²) >= 11 is 7.12. The molecule has 3 rings (SSSR count). The fraction of sp³-hybridized carbons (Fsp3) is 0.667. The van der Waals surface area contributed by atoms with Crippen molar-refractivity contribution < 1.29 is 9.59 Å². The maximum atomic E-state index is 12.1. The number of hydrogen-bond donors (Lipinski definition) is 1. The van der Waals surface area contributed by atoms with Crippen molar-refractivity contribution in [2.75, 3.05) is 0 Å². The second-order valence-corrected chi connectivity index (χ2v) is 8.62. The van der Waals surface area contributed by atoms with Crippen molar-refractivity contribution in [1.82, 2.24) is 5.32 Å². The second-order valence-electron chi connectivity index (χ2n) is 6.91. The van der Waals surface area contributed by atoms with Crippen molar-refractivity contribution in [1.29, 1.82) is 0 Å². The Balaban J connectivity index is 1.42. The van der Waals surface area contributed by atoms with Crippen LogP contribution in [0.1, 0.15) is 67.5 Å². The Bertz CT molecular complexity index is 571. The van der Waals surface area contributed by atoms with E-state index in [1.165, 1.54) is 43.4 Å². The summed E-state index contributed by atoms with van der Waals surface area (Å²) in [6.07, 6.45) is 9.46. The van der Waals surface area contributed by atoms with Crippen LogP contribution >= 0.6 is 22.9 Å². The van der Waals surface area contributed by atoms with Gasteiger partial charge in [-0.3, -0.25) is 9.59 Å². The zero-order valence-electron chi connectivity index (χ0n) is 13.4. The number of hydrogen-bond acceptors (Lipinski definition) is 3. The average molecular weight is 354 g/mol. The van der Waals surface area contributed by atoms with Crippen molar-refractivity contribution >= 4 is 34.6 Å². The van der Waals surface area contributed by atoms with Crippen molar-refractivity contribution in [2.45, 2.75) is 63.8 Å². The van der Waals surface area contributed by atoms with Gasteiger partial charge in [0.15, 0.2) is 5.78 Å². The van der Waals surface area contributed by atoms with Gasteiger partial charge in [0, 0.05) is 18.9 Å². The maximum absolute atomic E-state index is 12.1. The number of Topliss-reactive ketones (excluding diaryl/α,β-unsaturated/α-hetero) is 1. The number of carbonyl (C=O) groups is 2. The van der Waals surface area contributed by atoms with Crippen LogP contribution in [0.5, 0.6) is 0 Å². The highest BCUT2D eigenvalue weighted by Crippen LogP contribution is 2.40. The number of nitrogens with one attached hydrogen (secondary N) is 1. The molecular weight excluding hydrogens is 330 g/mol. The molecule has 1 amide bonds. The van der Waals surface area contributed by atoms with E-state index in [1.807, 2.05) is 0 Å². The van der Waals surface area contributed by atoms with E-state index in [0.29, 0.717) is 15.3 Å². The molecule has 1 aromatic rings. The fourth-order valence-electron chi connectivity index (χ4n) is 4.12. The topological polar surface area (TPSA) is 46.2 Å². The number of thiophene rings is 1. The summed E-state index contributed by atoms with van der Waals surface area (Å²) in [5.41, 5.74) is 0. The molecule has 1 N–H and O–H groups in total. The van der Waals surface area contributed by atoms with Crippen LogP contribution in [0, 0.1) is 11.8 Å². The summed E-state index contributed by atoms with van der Waals surface area (Å²) in [6, 6.07) is 3.77. The lowest BCUT2D eigenvalue weighted by Crippen LogP contribution is -2.41. The van der Waals surface area contributed by atoms with Crippen LogP contribution in [0.3, 0.4) is 0 Å². The highest BCUT2D eigenvalue weighted by Gasteiger charge is 2.32. The van der Waals surface area contributed by atoms with E-state index in [-0.39, 0.29) is 24.5 Å². The van der Waals surface area contributed by atoms with Gasteiger partial charge >= 0.3 is 0 Å². The predicted molar refractivity (Wildman–Crippen MR) is 94.1 cm³/mol. The number of rotatable bonds is 5. The first-order valence-corrected chi connectivity index (χ1v) is 9.89. The molecule has 0 saturated heterocycles. The van der Waals surface area contributed by atoms with E-state index in [4.69, 9.17) is 11.6 Å². The van der Waals surface area contributed by atoms with Crippen LogP contribution in [0.15, 0.2) is 12.1 Å². The van der Waals surface area contributed by atoms with Gasteiger partial charge in [0.1, 0.15) is 0 Å². The van der Waals surface area contributed by atoms with Gasteiger partial charge in [0.2, 0.25) is 5.91 Å². The van der Waals surface area contributed by atoms with Crippen LogP contribution in [-0.4, -0.2) is 17.7 Å². The average Bonchev–Trinajstić information content (AvgIpc) is 2.99. The molecule has 2 fully saturated rings. The van der Waals surface area contributed by atoms with Crippen LogP contribution in [0.4, 0.5) is 0 Å². The Morgan fingerprint density at radius 2 is 1.87 bits per heavy atom. The molecule has 1 heterocycles. The first-order valence-electron chi connectivity index (χ1n) is 8.69. The van der Waals surface area contributed by atoms with Crippen LogP contribution in [0.25, 0.3) is 0 Å². The molecule has 0 aliphatic heterocycles. The molecular formula is C18H24ClNO2S. The SMILES string of the molecule is O=C(CCC(=O)c1ccc(Cl)s1)N[C@@H]1CC[C@H]2CCCC[C@H]2C1. The standard InChI is InChI=1S/C18H24ClNO2S/c19-17-9-8-16(23-17)15(21)7-10-18(22)20-14-6-5-12-3-1-2-4-13(12)11-14/h8-9,12-14H,1-7,10-11H2,(H,20,22)/t12-,13+,14-/m1/s1. The van der Waals surface area contributed by atoms with E-state index in [9.17, 15) is 9.59 Å². The molecule has 3 nitrogen and oxygen atoms in total. The first-order chi connectivity index (χ1) is 11.1. The first kappa shape index (κ1) is 17.0. The number of fused-ring (bicyclic) bond motifs is 1. The lowest BCUT2D eigenvalue weighted by atomic mass is 9.69. The van der Waals surface area contributed by atoms with Gasteiger partial charge in [-0.05, 0) is 43.2 Å². The van der Waals surface area contributed by atoms with Gasteiger partial charge in [0.05, 0.1) is 9.21 Å². The molecule has 0 unspecified atom stereocenters. The minimum Gasteiger partial charge on any atom is -0.353 e. The van der Waals surface area contributed by atoms with E-state index < -0.39 is 0 Å². The Morgan fingerprint density at radius 3 is 2.61 bits per heavy atom. The van der Waals surface area contributed by atoms with Gasteiger partial charge < -0.3 is 5.32 Å². The highest BCUT2D eigenvalue weighted by molar-refractivity contribution is 7.18. The minimum absolute atomic E-state index is 0.00744. The molecule has 0 aromatic carbocycles. The largest absolute Gasteiger partial charge is 0.353 e. The summed E-state index contributed by atoms with van der Waals surface area (Å²) in [4.78, 5) is 24.8. The van der Waals surface area contributed by atoms with E-state index >= 15 is 0 Å². The van der Waals surface area contributed by atoms with Gasteiger partial charge in [-0.1, -0.05) is 37.3 Å². The number of carbonyl (C=O) groups excluding carboxylic acids is 2. The van der Waals surface area contributed by atoms with Gasteiger partial charge in [0.25, 0.3) is 0 Å². The quantitative estimate of drug-likeness (QED) is 0.770. The van der Waals surface area contributed by atoms with Gasteiger partial charge in [-0.25, -0.2) is 0 Å². The highest BCUT2D eigenvalue weighted by atomic mass is 35.5. The second kappa shape index (κ2) is 7.80. The van der Waals surface area contributed by atoms with Gasteiger partial charge in [-0.2, -0.15) is 0 Å². The summed E-state index contributed by atoms with van der Waals surface area (Å²) in [7, 11) is 0. The lowest BCUT2D eigenvalue weighted by molar-refractivity contribution is -0.122. The molecule has 0 bridgehead atoms. The normalized spacial score (nSPS) is 27.3. The third-order valence-corrected chi connectivity index (χ3v) is 6.60. The molecule has 126 valence electrons. The van der Waals surface area contributed by atoms with Crippen molar-refractivity contribution in [3.05, 3.63) is 21.3 Å². The Morgan fingerprint density at radius 1 is 1.09 bits per heavy atom. The molecule has 1 aromatic heterocycles. The molecule has 2 saturated carbocycles. The molecule has 3 atom stereocenters. The fourth-order valence-corrected chi connectivity index (χ4v) is 5.13. The molecule has 0 radical (unpaired) electrons. The Labute approximate surface area is 146 Å². The molecule has 5 heteroatoms. The zero-order valence-corrected chi connectivity index (χ0v) is 14.9. The monoisotopic (exact) mass is 353 g/mol. The molecule has 2 aliphatic rings. The smallest absolute Gasteiger partial charge is 0.220 e. The maximum Gasteiger partial charge on any atom is 0.220 e. The number of halogens is 1. The van der Waals surface area contributed by atoms with Crippen LogP contribution < -0.4 is 5.32 Å². The Hall–Kier alpha value is -0.870. The lowest BCUT2D eigenvalue weighted by Gasteiger charge is -2.39. The summed E-state index contributed by atoms with van der Waals surface area (Å²) in [6.45, 7) is 0.